The summed E-state index contributed by atoms with van der Waals surface area (Å²) in [5, 5.41) is 3.55. The van der Waals surface area contributed by atoms with E-state index in [1.807, 2.05) is 19.1 Å². The number of nitrogens with zero attached hydrogens (tertiary/aromatic N) is 2. The topological polar surface area (TPSA) is 32.5 Å². The average Bonchev–Trinajstić information content (AvgIpc) is 1.67. The summed E-state index contributed by atoms with van der Waals surface area (Å²) in [5.41, 5.74) is 0. The standard InChI is InChI=1S/C5H15N3/c1-4-5-8(6)7(2)3/h4-6H2,1-3H3. The lowest BCUT2D eigenvalue weighted by atomic mass is 10.5. The molecule has 0 spiro atoms. The van der Waals surface area contributed by atoms with Crippen LogP contribution in [0.25, 0.3) is 0 Å². The fourth-order valence-electron chi connectivity index (χ4n) is 0.429. The molecule has 50 valence electrons. The van der Waals surface area contributed by atoms with Crippen LogP contribution in [0.15, 0.2) is 0 Å². The minimum absolute atomic E-state index is 0.924. The highest BCUT2D eigenvalue weighted by Gasteiger charge is 1.95. The second kappa shape index (κ2) is 3.83. The molecule has 0 atom stereocenters. The molecule has 0 saturated heterocycles. The van der Waals surface area contributed by atoms with Gasteiger partial charge in [-0.15, -0.1) is 0 Å². The van der Waals surface area contributed by atoms with Gasteiger partial charge in [-0.3, -0.25) is 5.84 Å². The van der Waals surface area contributed by atoms with Crippen molar-refractivity contribution in [3.8, 4) is 0 Å². The number of rotatable bonds is 3. The number of nitrogens with two attached hydrogens (primary N) is 1. The molecule has 8 heavy (non-hydrogen) atoms. The van der Waals surface area contributed by atoms with Crippen LogP contribution >= 0.6 is 0 Å². The molecular weight excluding hydrogens is 102 g/mol. The molecule has 0 aliphatic heterocycles. The third kappa shape index (κ3) is 2.96. The van der Waals surface area contributed by atoms with Gasteiger partial charge in [-0.05, 0) is 6.42 Å². The van der Waals surface area contributed by atoms with E-state index in [0.717, 1.165) is 13.0 Å². The normalized spacial score (nSPS) is 11.2. The summed E-state index contributed by atoms with van der Waals surface area (Å²) in [4.78, 5) is 0. The first kappa shape index (κ1) is 7.88. The first-order valence-electron chi connectivity index (χ1n) is 2.88. The van der Waals surface area contributed by atoms with Crippen molar-refractivity contribution in [2.45, 2.75) is 13.3 Å². The van der Waals surface area contributed by atoms with Gasteiger partial charge in [-0.25, -0.2) is 5.01 Å². The molecule has 3 heteroatoms. The van der Waals surface area contributed by atoms with E-state index in [0.29, 0.717) is 0 Å². The molecular formula is C5H15N3. The molecule has 2 N–H and O–H groups in total. The van der Waals surface area contributed by atoms with Crippen LogP contribution < -0.4 is 5.84 Å². The third-order valence-corrected chi connectivity index (χ3v) is 0.966. The molecule has 0 aromatic heterocycles. The van der Waals surface area contributed by atoms with Gasteiger partial charge in [0.05, 0.1) is 0 Å². The number of hydrogen-bond acceptors (Lipinski definition) is 3. The van der Waals surface area contributed by atoms with Crippen molar-refractivity contribution >= 4 is 0 Å². The van der Waals surface area contributed by atoms with Crippen molar-refractivity contribution in [2.24, 2.45) is 5.84 Å². The van der Waals surface area contributed by atoms with E-state index in [2.05, 4.69) is 6.92 Å². The summed E-state index contributed by atoms with van der Waals surface area (Å²) >= 11 is 0. The van der Waals surface area contributed by atoms with E-state index < -0.39 is 0 Å². The lowest BCUT2D eigenvalue weighted by molar-refractivity contribution is 0.0247. The molecule has 0 aromatic rings. The predicted molar refractivity (Wildman–Crippen MR) is 34.9 cm³/mol. The van der Waals surface area contributed by atoms with Gasteiger partial charge in [0.25, 0.3) is 0 Å². The second-order valence-corrected chi connectivity index (χ2v) is 2.01. The lowest BCUT2D eigenvalue weighted by Gasteiger charge is -2.22. The maximum atomic E-state index is 5.49. The minimum atomic E-state index is 0.924. The van der Waals surface area contributed by atoms with E-state index in [1.165, 1.54) is 0 Å². The summed E-state index contributed by atoms with van der Waals surface area (Å²) in [7, 11) is 3.85. The molecule has 0 heterocycles. The van der Waals surface area contributed by atoms with E-state index in [-0.39, 0.29) is 0 Å². The first-order chi connectivity index (χ1) is 3.68. The van der Waals surface area contributed by atoms with Gasteiger partial charge in [0.15, 0.2) is 0 Å². The van der Waals surface area contributed by atoms with E-state index in [4.69, 9.17) is 5.84 Å². The Morgan fingerprint density at radius 2 is 1.88 bits per heavy atom. The Kier molecular flexibility index (Phi) is 3.77. The molecule has 0 saturated carbocycles. The summed E-state index contributed by atoms with van der Waals surface area (Å²) < 4.78 is 0. The predicted octanol–water partition coefficient (Wildman–Crippen LogP) is 0.0487. The van der Waals surface area contributed by atoms with E-state index >= 15 is 0 Å². The smallest absolute Gasteiger partial charge is 0.0285 e. The van der Waals surface area contributed by atoms with Crippen molar-refractivity contribution < 1.29 is 0 Å². The van der Waals surface area contributed by atoms with Crippen LogP contribution in [0.5, 0.6) is 0 Å². The summed E-state index contributed by atoms with van der Waals surface area (Å²) in [6, 6.07) is 0. The van der Waals surface area contributed by atoms with E-state index in [1.54, 1.807) is 5.12 Å². The van der Waals surface area contributed by atoms with Crippen molar-refractivity contribution in [1.82, 2.24) is 10.1 Å². The molecule has 0 aliphatic carbocycles. The molecule has 0 unspecified atom stereocenters. The van der Waals surface area contributed by atoms with Crippen molar-refractivity contribution in [3.63, 3.8) is 0 Å². The highest BCUT2D eigenvalue weighted by molar-refractivity contribution is 4.35. The fourth-order valence-corrected chi connectivity index (χ4v) is 0.429. The van der Waals surface area contributed by atoms with Crippen LogP contribution in [0, 0.1) is 0 Å². The number of hydrazine groups is 2. The van der Waals surface area contributed by atoms with Gasteiger partial charge in [-0.2, -0.15) is 5.12 Å². The summed E-state index contributed by atoms with van der Waals surface area (Å²) in [6.07, 6.45) is 1.09. The van der Waals surface area contributed by atoms with Crippen molar-refractivity contribution in [2.75, 3.05) is 20.6 Å². The van der Waals surface area contributed by atoms with Gasteiger partial charge in [0.2, 0.25) is 0 Å². The molecule has 3 nitrogen and oxygen atoms in total. The first-order valence-corrected chi connectivity index (χ1v) is 2.88. The van der Waals surface area contributed by atoms with Crippen LogP contribution in [0.2, 0.25) is 0 Å². The third-order valence-electron chi connectivity index (χ3n) is 0.966. The Balaban J connectivity index is 3.17. The Hall–Kier alpha value is -0.120. The Labute approximate surface area is 51.0 Å². The highest BCUT2D eigenvalue weighted by atomic mass is 15.7. The molecule has 0 rings (SSSR count). The largest absolute Gasteiger partial charge is 0.255 e. The summed E-state index contributed by atoms with van der Waals surface area (Å²) in [5.74, 6) is 5.49. The fraction of sp³-hybridized carbons (Fsp3) is 1.00. The van der Waals surface area contributed by atoms with Crippen LogP contribution in [-0.4, -0.2) is 30.8 Å². The zero-order valence-corrected chi connectivity index (χ0v) is 5.89. The van der Waals surface area contributed by atoms with Crippen LogP contribution in [0.3, 0.4) is 0 Å². The molecule has 0 aromatic carbocycles. The molecule has 0 aliphatic rings. The quantitative estimate of drug-likeness (QED) is 0.419. The van der Waals surface area contributed by atoms with Gasteiger partial charge in [0.1, 0.15) is 0 Å². The number of hydrogen-bond donors (Lipinski definition) is 1. The minimum Gasteiger partial charge on any atom is -0.255 e. The van der Waals surface area contributed by atoms with Gasteiger partial charge >= 0.3 is 0 Å². The van der Waals surface area contributed by atoms with Gasteiger partial charge in [0, 0.05) is 20.6 Å². The highest BCUT2D eigenvalue weighted by Crippen LogP contribution is 1.82. The molecule has 0 amide bonds. The van der Waals surface area contributed by atoms with Crippen LogP contribution in [-0.2, 0) is 0 Å². The molecule has 0 fully saturated rings. The average molecular weight is 117 g/mol. The Bertz CT molecular complexity index is 53.6. The maximum absolute atomic E-state index is 5.49. The monoisotopic (exact) mass is 117 g/mol. The lowest BCUT2D eigenvalue weighted by Crippen LogP contribution is -2.42. The van der Waals surface area contributed by atoms with Crippen LogP contribution in [0.1, 0.15) is 13.3 Å². The molecule has 0 radical (unpaired) electrons. The SMILES string of the molecule is CCCN(N)N(C)C. The zero-order chi connectivity index (χ0) is 6.57. The van der Waals surface area contributed by atoms with Crippen molar-refractivity contribution in [3.05, 3.63) is 0 Å². The Morgan fingerprint density at radius 3 is 2.00 bits per heavy atom. The summed E-state index contributed by atoms with van der Waals surface area (Å²) in [6.45, 7) is 3.02. The van der Waals surface area contributed by atoms with Gasteiger partial charge < -0.3 is 0 Å². The Morgan fingerprint density at radius 1 is 1.38 bits per heavy atom. The second-order valence-electron chi connectivity index (χ2n) is 2.01. The van der Waals surface area contributed by atoms with Crippen LogP contribution in [0.4, 0.5) is 0 Å². The van der Waals surface area contributed by atoms with Gasteiger partial charge in [-0.1, -0.05) is 6.92 Å². The van der Waals surface area contributed by atoms with Crippen molar-refractivity contribution in [1.29, 1.82) is 0 Å². The maximum Gasteiger partial charge on any atom is 0.0285 e. The molecule has 0 bridgehead atoms. The van der Waals surface area contributed by atoms with E-state index in [9.17, 15) is 0 Å². The zero-order valence-electron chi connectivity index (χ0n) is 5.89.